The standard InChI is InChI=1S/C17H13F3O.C14H7F3/c1-17(2,21)8-7-11-3-4-12(9-15(11)19)13-5-6-14(18)16(20)10-13;1-2-9-3-4-10(7-13(9)16)11-5-6-12(15)14(17)8-11/h3-6,9-10,21H,1-2H3;1,3-8H. The van der Waals surface area contributed by atoms with E-state index in [2.05, 4.69) is 17.8 Å². The van der Waals surface area contributed by atoms with Crippen LogP contribution in [-0.4, -0.2) is 10.7 Å². The summed E-state index contributed by atoms with van der Waals surface area (Å²) in [6.07, 6.45) is 5.08. The molecule has 0 unspecified atom stereocenters. The topological polar surface area (TPSA) is 20.2 Å². The van der Waals surface area contributed by atoms with Crippen molar-refractivity contribution < 1.29 is 31.4 Å². The molecule has 4 aromatic carbocycles. The quantitative estimate of drug-likeness (QED) is 0.212. The van der Waals surface area contributed by atoms with Crippen LogP contribution in [0.25, 0.3) is 22.3 Å². The molecule has 0 bridgehead atoms. The zero-order valence-corrected chi connectivity index (χ0v) is 20.2. The minimum absolute atomic E-state index is 0.128. The van der Waals surface area contributed by atoms with Gasteiger partial charge in [-0.25, -0.2) is 26.3 Å². The van der Waals surface area contributed by atoms with E-state index in [9.17, 15) is 31.4 Å². The van der Waals surface area contributed by atoms with E-state index in [0.29, 0.717) is 22.3 Å². The van der Waals surface area contributed by atoms with Crippen molar-refractivity contribution in [1.82, 2.24) is 0 Å². The Morgan fingerprint density at radius 1 is 0.553 bits per heavy atom. The highest BCUT2D eigenvalue weighted by Crippen LogP contribution is 2.25. The number of aliphatic hydroxyl groups is 1. The molecule has 4 rings (SSSR count). The van der Waals surface area contributed by atoms with Gasteiger partial charge in [0.15, 0.2) is 23.3 Å². The fraction of sp³-hybridized carbons (Fsp3) is 0.0968. The molecule has 0 fully saturated rings. The van der Waals surface area contributed by atoms with E-state index in [1.54, 1.807) is 12.1 Å². The smallest absolute Gasteiger partial charge is 0.159 e. The van der Waals surface area contributed by atoms with E-state index in [1.807, 2.05) is 0 Å². The Bertz CT molecular complexity index is 1580. The molecule has 0 aromatic heterocycles. The fourth-order valence-electron chi connectivity index (χ4n) is 3.18. The maximum Gasteiger partial charge on any atom is 0.159 e. The Hall–Kier alpha value is -4.46. The van der Waals surface area contributed by atoms with Gasteiger partial charge in [0.05, 0.1) is 11.1 Å². The molecule has 0 saturated heterocycles. The van der Waals surface area contributed by atoms with Crippen LogP contribution in [0.15, 0.2) is 72.8 Å². The van der Waals surface area contributed by atoms with Gasteiger partial charge in [-0.05, 0) is 84.6 Å². The average molecular weight is 522 g/mol. The third kappa shape index (κ3) is 7.29. The lowest BCUT2D eigenvalue weighted by Gasteiger charge is -2.07. The third-order valence-corrected chi connectivity index (χ3v) is 5.10. The first-order valence-corrected chi connectivity index (χ1v) is 11.1. The van der Waals surface area contributed by atoms with Crippen molar-refractivity contribution in [2.24, 2.45) is 0 Å². The number of rotatable bonds is 2. The summed E-state index contributed by atoms with van der Waals surface area (Å²) in [6.45, 7) is 2.99. The van der Waals surface area contributed by atoms with Crippen LogP contribution in [0.1, 0.15) is 25.0 Å². The molecule has 0 aliphatic heterocycles. The Morgan fingerprint density at radius 2 is 0.921 bits per heavy atom. The Balaban J connectivity index is 0.000000215. The van der Waals surface area contributed by atoms with Gasteiger partial charge in [0.2, 0.25) is 0 Å². The summed E-state index contributed by atoms with van der Waals surface area (Å²) < 4.78 is 79.1. The van der Waals surface area contributed by atoms with Crippen molar-refractivity contribution in [2.75, 3.05) is 0 Å². The van der Waals surface area contributed by atoms with Crippen molar-refractivity contribution in [2.45, 2.75) is 19.4 Å². The number of halogens is 6. The lowest BCUT2D eigenvalue weighted by molar-refractivity contribution is 0.143. The van der Waals surface area contributed by atoms with E-state index >= 15 is 0 Å². The van der Waals surface area contributed by atoms with Crippen molar-refractivity contribution in [3.05, 3.63) is 119 Å². The molecule has 0 spiro atoms. The highest BCUT2D eigenvalue weighted by atomic mass is 19.2. The van der Waals surface area contributed by atoms with Gasteiger partial charge < -0.3 is 5.11 Å². The minimum atomic E-state index is -1.22. The van der Waals surface area contributed by atoms with Crippen LogP contribution in [0, 0.1) is 59.1 Å². The normalized spacial score (nSPS) is 10.5. The highest BCUT2D eigenvalue weighted by Gasteiger charge is 2.10. The Morgan fingerprint density at radius 3 is 1.26 bits per heavy atom. The molecule has 0 atom stereocenters. The fourth-order valence-corrected chi connectivity index (χ4v) is 3.18. The summed E-state index contributed by atoms with van der Waals surface area (Å²) >= 11 is 0. The van der Waals surface area contributed by atoms with E-state index < -0.39 is 40.5 Å². The molecule has 192 valence electrons. The first-order valence-electron chi connectivity index (χ1n) is 11.1. The molecule has 1 N–H and O–H groups in total. The lowest BCUT2D eigenvalue weighted by atomic mass is 10.0. The van der Waals surface area contributed by atoms with E-state index in [0.717, 1.165) is 24.3 Å². The van der Waals surface area contributed by atoms with Crippen molar-refractivity contribution in [1.29, 1.82) is 0 Å². The molecule has 1 nitrogen and oxygen atoms in total. The predicted molar refractivity (Wildman–Crippen MR) is 135 cm³/mol. The highest BCUT2D eigenvalue weighted by molar-refractivity contribution is 5.65. The number of benzene rings is 4. The van der Waals surface area contributed by atoms with Crippen LogP contribution in [0.2, 0.25) is 0 Å². The van der Waals surface area contributed by atoms with Gasteiger partial charge in [0.1, 0.15) is 17.2 Å². The van der Waals surface area contributed by atoms with Crippen LogP contribution in [0.3, 0.4) is 0 Å². The molecular weight excluding hydrogens is 502 g/mol. The van der Waals surface area contributed by atoms with Gasteiger partial charge in [-0.3, -0.25) is 0 Å². The molecule has 38 heavy (non-hydrogen) atoms. The van der Waals surface area contributed by atoms with Crippen LogP contribution >= 0.6 is 0 Å². The summed E-state index contributed by atoms with van der Waals surface area (Å²) in [4.78, 5) is 0. The van der Waals surface area contributed by atoms with Gasteiger partial charge in [-0.15, -0.1) is 6.42 Å². The monoisotopic (exact) mass is 522 g/mol. The molecule has 0 heterocycles. The van der Waals surface area contributed by atoms with E-state index in [-0.39, 0.29) is 11.1 Å². The molecule has 0 amide bonds. The van der Waals surface area contributed by atoms with Crippen molar-refractivity contribution in [3.63, 3.8) is 0 Å². The molecule has 0 saturated carbocycles. The number of terminal acetylenes is 1. The predicted octanol–water partition coefficient (Wildman–Crippen LogP) is 7.65. The largest absolute Gasteiger partial charge is 0.378 e. The Kier molecular flexibility index (Phi) is 8.68. The number of hydrogen-bond donors (Lipinski definition) is 1. The zero-order valence-electron chi connectivity index (χ0n) is 20.2. The first-order chi connectivity index (χ1) is 17.9. The van der Waals surface area contributed by atoms with Gasteiger partial charge in [-0.2, -0.15) is 0 Å². The lowest BCUT2D eigenvalue weighted by Crippen LogP contribution is -2.14. The molecule has 7 heteroatoms. The van der Waals surface area contributed by atoms with Gasteiger partial charge in [-0.1, -0.05) is 42.0 Å². The molecule has 0 aliphatic rings. The molecule has 0 radical (unpaired) electrons. The van der Waals surface area contributed by atoms with Crippen molar-refractivity contribution >= 4 is 0 Å². The first kappa shape index (κ1) is 28.1. The van der Waals surface area contributed by atoms with E-state index in [4.69, 9.17) is 6.42 Å². The van der Waals surface area contributed by atoms with Crippen LogP contribution in [0.4, 0.5) is 26.3 Å². The number of hydrogen-bond acceptors (Lipinski definition) is 1. The van der Waals surface area contributed by atoms with Crippen molar-refractivity contribution in [3.8, 4) is 46.4 Å². The molecule has 4 aromatic rings. The SMILES string of the molecule is C#Cc1ccc(-c2ccc(F)c(F)c2)cc1F.CC(C)(O)C#Cc1ccc(-c2ccc(F)c(F)c2)cc1F. The zero-order chi connectivity index (χ0) is 28.0. The maximum absolute atomic E-state index is 13.9. The van der Waals surface area contributed by atoms with E-state index in [1.165, 1.54) is 50.2 Å². The van der Waals surface area contributed by atoms with Crippen LogP contribution in [0.5, 0.6) is 0 Å². The summed E-state index contributed by atoms with van der Waals surface area (Å²) in [6, 6.07) is 15.1. The second-order valence-corrected chi connectivity index (χ2v) is 8.60. The molecular formula is C31H20F6O. The summed E-state index contributed by atoms with van der Waals surface area (Å²) in [5, 5.41) is 9.49. The minimum Gasteiger partial charge on any atom is -0.378 e. The average Bonchev–Trinajstić information content (AvgIpc) is 2.86. The van der Waals surface area contributed by atoms with Crippen LogP contribution in [-0.2, 0) is 0 Å². The summed E-state index contributed by atoms with van der Waals surface area (Å²) in [5.41, 5.74) is 0.673. The molecule has 0 aliphatic carbocycles. The summed E-state index contributed by atoms with van der Waals surface area (Å²) in [7, 11) is 0. The second kappa shape index (κ2) is 11.7. The van der Waals surface area contributed by atoms with Crippen LogP contribution < -0.4 is 0 Å². The second-order valence-electron chi connectivity index (χ2n) is 8.60. The Labute approximate surface area is 216 Å². The summed E-state index contributed by atoms with van der Waals surface area (Å²) in [5.74, 6) is 2.25. The van der Waals surface area contributed by atoms with Gasteiger partial charge in [0.25, 0.3) is 0 Å². The van der Waals surface area contributed by atoms with Gasteiger partial charge >= 0.3 is 0 Å². The third-order valence-electron chi connectivity index (χ3n) is 5.10. The van der Waals surface area contributed by atoms with Gasteiger partial charge in [0, 0.05) is 0 Å². The maximum atomic E-state index is 13.9.